The Morgan fingerprint density at radius 1 is 1.20 bits per heavy atom. The fourth-order valence-corrected chi connectivity index (χ4v) is 3.28. The van der Waals surface area contributed by atoms with Gasteiger partial charge in [0.1, 0.15) is 0 Å². The van der Waals surface area contributed by atoms with Gasteiger partial charge in [0.05, 0.1) is 11.0 Å². The molecule has 0 fully saturated rings. The number of rotatable bonds is 4. The maximum absolute atomic E-state index is 12.0. The average Bonchev–Trinajstić information content (AvgIpc) is 2.60. The number of aromatic nitrogens is 2. The van der Waals surface area contributed by atoms with Crippen LogP contribution in [-0.2, 0) is 14.1 Å². The zero-order valence-electron chi connectivity index (χ0n) is 12.7. The largest absolute Gasteiger partial charge is 0.328 e. The Bertz CT molecular complexity index is 684. The predicted octanol–water partition coefficient (Wildman–Crippen LogP) is 2.95. The van der Waals surface area contributed by atoms with Crippen LogP contribution in [0, 0.1) is 5.92 Å². The number of nitrogens with one attached hydrogen (secondary N) is 1. The molecule has 0 amide bonds. The normalized spacial score (nSPS) is 13.3. The second-order valence-corrected chi connectivity index (χ2v) is 6.40. The zero-order chi connectivity index (χ0) is 15.0. The molecule has 1 aromatic heterocycles. The van der Waals surface area contributed by atoms with Crippen molar-refractivity contribution in [1.82, 2.24) is 14.5 Å². The first kappa shape index (κ1) is 15.3. The molecule has 0 saturated carbocycles. The first-order chi connectivity index (χ1) is 9.38. The van der Waals surface area contributed by atoms with Crippen molar-refractivity contribution in [2.24, 2.45) is 20.0 Å². The SMILES string of the molecule is CCNC(c1cc2c(cc1Br)n(C)c(=O)n2C)C(C)C. The van der Waals surface area contributed by atoms with E-state index in [1.54, 1.807) is 16.2 Å². The molecule has 1 N–H and O–H groups in total. The summed E-state index contributed by atoms with van der Waals surface area (Å²) in [5.74, 6) is 0.476. The van der Waals surface area contributed by atoms with E-state index in [9.17, 15) is 4.79 Å². The summed E-state index contributed by atoms with van der Waals surface area (Å²) in [6.45, 7) is 7.43. The van der Waals surface area contributed by atoms with E-state index in [1.807, 2.05) is 13.1 Å². The van der Waals surface area contributed by atoms with Gasteiger partial charge >= 0.3 is 5.69 Å². The summed E-state index contributed by atoms with van der Waals surface area (Å²) in [6, 6.07) is 4.43. The molecule has 4 nitrogen and oxygen atoms in total. The first-order valence-electron chi connectivity index (χ1n) is 6.96. The van der Waals surface area contributed by atoms with E-state index in [2.05, 4.69) is 48.1 Å². The van der Waals surface area contributed by atoms with E-state index in [4.69, 9.17) is 0 Å². The Labute approximate surface area is 127 Å². The van der Waals surface area contributed by atoms with Crippen molar-refractivity contribution >= 4 is 27.0 Å². The number of fused-ring (bicyclic) bond motifs is 1. The Balaban J connectivity index is 2.69. The number of aryl methyl sites for hydroxylation is 2. The van der Waals surface area contributed by atoms with Crippen LogP contribution in [-0.4, -0.2) is 15.7 Å². The number of benzene rings is 1. The molecule has 20 heavy (non-hydrogen) atoms. The highest BCUT2D eigenvalue weighted by molar-refractivity contribution is 9.10. The van der Waals surface area contributed by atoms with Gasteiger partial charge < -0.3 is 5.32 Å². The van der Waals surface area contributed by atoms with Crippen LogP contribution in [0.4, 0.5) is 0 Å². The van der Waals surface area contributed by atoms with Gasteiger partial charge in [-0.15, -0.1) is 0 Å². The minimum absolute atomic E-state index is 0.00796. The maximum atomic E-state index is 12.0. The quantitative estimate of drug-likeness (QED) is 0.929. The van der Waals surface area contributed by atoms with Crippen molar-refractivity contribution in [3.8, 4) is 0 Å². The van der Waals surface area contributed by atoms with Crippen LogP contribution < -0.4 is 11.0 Å². The summed E-state index contributed by atoms with van der Waals surface area (Å²) in [4.78, 5) is 12.0. The number of imidazole rings is 1. The Morgan fingerprint density at radius 3 is 2.25 bits per heavy atom. The summed E-state index contributed by atoms with van der Waals surface area (Å²) >= 11 is 3.66. The third-order valence-electron chi connectivity index (χ3n) is 3.82. The maximum Gasteiger partial charge on any atom is 0.328 e. The third-order valence-corrected chi connectivity index (χ3v) is 4.50. The van der Waals surface area contributed by atoms with Crippen LogP contribution in [0.1, 0.15) is 32.4 Å². The molecule has 0 aliphatic heterocycles. The average molecular weight is 340 g/mol. The third kappa shape index (κ3) is 2.44. The molecular weight excluding hydrogens is 318 g/mol. The van der Waals surface area contributed by atoms with Gasteiger partial charge in [-0.2, -0.15) is 0 Å². The molecule has 2 rings (SSSR count). The van der Waals surface area contributed by atoms with Gasteiger partial charge in [-0.3, -0.25) is 9.13 Å². The van der Waals surface area contributed by atoms with Crippen LogP contribution in [0.3, 0.4) is 0 Å². The Kier molecular flexibility index (Phi) is 4.39. The lowest BCUT2D eigenvalue weighted by molar-refractivity contribution is 0.420. The summed E-state index contributed by atoms with van der Waals surface area (Å²) in [5.41, 5.74) is 3.13. The summed E-state index contributed by atoms with van der Waals surface area (Å²) in [6.07, 6.45) is 0. The molecule has 5 heteroatoms. The van der Waals surface area contributed by atoms with Crippen LogP contribution in [0.5, 0.6) is 0 Å². The van der Waals surface area contributed by atoms with Crippen LogP contribution in [0.2, 0.25) is 0 Å². The molecule has 110 valence electrons. The van der Waals surface area contributed by atoms with E-state index >= 15 is 0 Å². The van der Waals surface area contributed by atoms with Crippen LogP contribution in [0.25, 0.3) is 11.0 Å². The van der Waals surface area contributed by atoms with Crippen molar-refractivity contribution < 1.29 is 0 Å². The van der Waals surface area contributed by atoms with Crippen LogP contribution in [0.15, 0.2) is 21.4 Å². The molecule has 0 radical (unpaired) electrons. The van der Waals surface area contributed by atoms with Gasteiger partial charge in [-0.25, -0.2) is 4.79 Å². The Morgan fingerprint density at radius 2 is 1.75 bits per heavy atom. The van der Waals surface area contributed by atoms with E-state index in [1.165, 1.54) is 5.56 Å². The fraction of sp³-hybridized carbons (Fsp3) is 0.533. The van der Waals surface area contributed by atoms with Gasteiger partial charge in [0.15, 0.2) is 0 Å². The molecule has 1 atom stereocenters. The molecule has 2 aromatic rings. The summed E-state index contributed by atoms with van der Waals surface area (Å²) < 4.78 is 4.43. The van der Waals surface area contributed by atoms with E-state index < -0.39 is 0 Å². The van der Waals surface area contributed by atoms with Gasteiger partial charge in [0, 0.05) is 24.6 Å². The minimum Gasteiger partial charge on any atom is -0.310 e. The second kappa shape index (κ2) is 5.74. The first-order valence-corrected chi connectivity index (χ1v) is 7.76. The molecule has 1 unspecified atom stereocenters. The van der Waals surface area contributed by atoms with Crippen molar-refractivity contribution in [2.75, 3.05) is 6.54 Å². The van der Waals surface area contributed by atoms with Gasteiger partial charge in [0.2, 0.25) is 0 Å². The summed E-state index contributed by atoms with van der Waals surface area (Å²) in [7, 11) is 3.63. The monoisotopic (exact) mass is 339 g/mol. The number of hydrogen-bond acceptors (Lipinski definition) is 2. The lowest BCUT2D eigenvalue weighted by Gasteiger charge is -2.23. The fourth-order valence-electron chi connectivity index (χ4n) is 2.70. The molecule has 0 aliphatic carbocycles. The zero-order valence-corrected chi connectivity index (χ0v) is 14.3. The summed E-state index contributed by atoms with van der Waals surface area (Å²) in [5, 5.41) is 3.52. The van der Waals surface area contributed by atoms with E-state index in [0.29, 0.717) is 5.92 Å². The standard InChI is InChI=1S/C15H22BrN3O/c1-6-17-14(9(2)3)10-7-12-13(8-11(10)16)19(5)15(20)18(12)4/h7-9,14,17H,6H2,1-5H3. The number of nitrogens with zero attached hydrogens (tertiary/aromatic N) is 2. The topological polar surface area (TPSA) is 39.0 Å². The highest BCUT2D eigenvalue weighted by Gasteiger charge is 2.20. The molecule has 0 spiro atoms. The number of hydrogen-bond donors (Lipinski definition) is 1. The molecule has 0 bridgehead atoms. The highest BCUT2D eigenvalue weighted by atomic mass is 79.9. The smallest absolute Gasteiger partial charge is 0.310 e. The van der Waals surface area contributed by atoms with Crippen molar-refractivity contribution in [1.29, 1.82) is 0 Å². The van der Waals surface area contributed by atoms with Gasteiger partial charge in [0.25, 0.3) is 0 Å². The predicted molar refractivity (Wildman–Crippen MR) is 87.1 cm³/mol. The Hall–Kier alpha value is -1.07. The lowest BCUT2D eigenvalue weighted by atomic mass is 9.95. The molecule has 0 saturated heterocycles. The van der Waals surface area contributed by atoms with E-state index in [-0.39, 0.29) is 11.7 Å². The number of halogens is 1. The second-order valence-electron chi connectivity index (χ2n) is 5.54. The lowest BCUT2D eigenvalue weighted by Crippen LogP contribution is -2.25. The van der Waals surface area contributed by atoms with Crippen molar-refractivity contribution in [3.05, 3.63) is 32.7 Å². The molecule has 0 aliphatic rings. The van der Waals surface area contributed by atoms with Gasteiger partial charge in [-0.1, -0.05) is 36.7 Å². The van der Waals surface area contributed by atoms with Crippen molar-refractivity contribution in [2.45, 2.75) is 26.8 Å². The van der Waals surface area contributed by atoms with Crippen LogP contribution >= 0.6 is 15.9 Å². The molecule has 1 aromatic carbocycles. The molecular formula is C15H22BrN3O. The van der Waals surface area contributed by atoms with Gasteiger partial charge in [-0.05, 0) is 30.2 Å². The minimum atomic E-state index is 0.00796. The van der Waals surface area contributed by atoms with Crippen molar-refractivity contribution in [3.63, 3.8) is 0 Å². The van der Waals surface area contributed by atoms with E-state index in [0.717, 1.165) is 22.1 Å². The molecule has 1 heterocycles. The highest BCUT2D eigenvalue weighted by Crippen LogP contribution is 2.31.